The SMILES string of the molecule is Cl.FC(F)OC1COC2(CNC2)C1. The van der Waals surface area contributed by atoms with Crippen molar-refractivity contribution in [2.75, 3.05) is 19.7 Å². The van der Waals surface area contributed by atoms with E-state index >= 15 is 0 Å². The molecule has 0 bridgehead atoms. The van der Waals surface area contributed by atoms with E-state index in [4.69, 9.17) is 4.74 Å². The van der Waals surface area contributed by atoms with Gasteiger partial charge < -0.3 is 14.8 Å². The number of nitrogens with one attached hydrogen (secondary N) is 1. The van der Waals surface area contributed by atoms with Crippen molar-refractivity contribution >= 4 is 12.4 Å². The van der Waals surface area contributed by atoms with Crippen LogP contribution in [0, 0.1) is 0 Å². The summed E-state index contributed by atoms with van der Waals surface area (Å²) in [5.41, 5.74) is -0.195. The normalized spacial score (nSPS) is 30.2. The lowest BCUT2D eigenvalue weighted by molar-refractivity contribution is -0.161. The van der Waals surface area contributed by atoms with Crippen molar-refractivity contribution in [1.82, 2.24) is 5.32 Å². The van der Waals surface area contributed by atoms with Crippen molar-refractivity contribution < 1.29 is 18.3 Å². The highest BCUT2D eigenvalue weighted by Gasteiger charge is 2.46. The van der Waals surface area contributed by atoms with Gasteiger partial charge in [0.25, 0.3) is 0 Å². The van der Waals surface area contributed by atoms with Gasteiger partial charge in [-0.3, -0.25) is 0 Å². The van der Waals surface area contributed by atoms with Crippen molar-refractivity contribution in [3.05, 3.63) is 0 Å². The molecule has 1 spiro atoms. The summed E-state index contributed by atoms with van der Waals surface area (Å²) >= 11 is 0. The fourth-order valence-corrected chi connectivity index (χ4v) is 1.69. The lowest BCUT2D eigenvalue weighted by Crippen LogP contribution is -2.59. The van der Waals surface area contributed by atoms with Crippen LogP contribution in [0.15, 0.2) is 0 Å². The van der Waals surface area contributed by atoms with Gasteiger partial charge in [0.2, 0.25) is 0 Å². The number of halogens is 3. The van der Waals surface area contributed by atoms with Crippen LogP contribution in [-0.2, 0) is 9.47 Å². The third kappa shape index (κ3) is 2.28. The summed E-state index contributed by atoms with van der Waals surface area (Å²) in [6.07, 6.45) is 0.164. The molecular formula is C7H12ClF2NO2. The molecule has 13 heavy (non-hydrogen) atoms. The van der Waals surface area contributed by atoms with E-state index in [0.717, 1.165) is 13.1 Å². The summed E-state index contributed by atoms with van der Waals surface area (Å²) in [5, 5.41) is 3.05. The number of alkyl halides is 2. The van der Waals surface area contributed by atoms with Crippen LogP contribution in [0.5, 0.6) is 0 Å². The number of hydrogen-bond donors (Lipinski definition) is 1. The Morgan fingerprint density at radius 2 is 2.15 bits per heavy atom. The van der Waals surface area contributed by atoms with Crippen LogP contribution >= 0.6 is 12.4 Å². The van der Waals surface area contributed by atoms with Crippen LogP contribution in [0.2, 0.25) is 0 Å². The molecule has 78 valence electrons. The Balaban J connectivity index is 0.000000845. The minimum atomic E-state index is -2.68. The van der Waals surface area contributed by atoms with Crippen LogP contribution in [-0.4, -0.2) is 38.0 Å². The standard InChI is InChI=1S/C7H11F2NO2.ClH/c8-6(9)12-5-1-7(11-2-5)3-10-4-7;/h5-6,10H,1-4H2;1H. The molecule has 0 amide bonds. The minimum absolute atomic E-state index is 0. The molecule has 0 saturated carbocycles. The molecule has 1 unspecified atom stereocenters. The molecule has 0 aliphatic carbocycles. The van der Waals surface area contributed by atoms with Crippen LogP contribution in [0.1, 0.15) is 6.42 Å². The predicted molar refractivity (Wildman–Crippen MR) is 44.3 cm³/mol. The summed E-state index contributed by atoms with van der Waals surface area (Å²) in [4.78, 5) is 0. The monoisotopic (exact) mass is 215 g/mol. The van der Waals surface area contributed by atoms with E-state index in [2.05, 4.69) is 10.1 Å². The highest BCUT2D eigenvalue weighted by molar-refractivity contribution is 5.85. The van der Waals surface area contributed by atoms with Crippen LogP contribution < -0.4 is 5.32 Å². The fraction of sp³-hybridized carbons (Fsp3) is 1.00. The van der Waals surface area contributed by atoms with Crippen molar-refractivity contribution in [3.8, 4) is 0 Å². The molecule has 6 heteroatoms. The molecule has 0 aromatic heterocycles. The molecule has 0 radical (unpaired) electrons. The molecule has 2 rings (SSSR count). The zero-order chi connectivity index (χ0) is 8.60. The molecule has 0 aromatic rings. The molecule has 1 N–H and O–H groups in total. The average Bonchev–Trinajstić information content (AvgIpc) is 2.29. The number of ether oxygens (including phenoxy) is 2. The molecule has 2 saturated heterocycles. The highest BCUT2D eigenvalue weighted by Crippen LogP contribution is 2.31. The van der Waals surface area contributed by atoms with Crippen LogP contribution in [0.4, 0.5) is 8.78 Å². The van der Waals surface area contributed by atoms with Gasteiger partial charge in [-0.1, -0.05) is 0 Å². The lowest BCUT2D eigenvalue weighted by Gasteiger charge is -2.37. The first-order valence-electron chi connectivity index (χ1n) is 3.98. The first-order chi connectivity index (χ1) is 5.70. The van der Waals surface area contributed by atoms with E-state index in [1.807, 2.05) is 0 Å². The second-order valence-corrected chi connectivity index (χ2v) is 3.32. The van der Waals surface area contributed by atoms with Gasteiger partial charge >= 0.3 is 6.61 Å². The van der Waals surface area contributed by atoms with Crippen molar-refractivity contribution in [3.63, 3.8) is 0 Å². The molecule has 2 aliphatic heterocycles. The Labute approximate surface area is 81.2 Å². The lowest BCUT2D eigenvalue weighted by atomic mass is 9.93. The molecule has 3 nitrogen and oxygen atoms in total. The van der Waals surface area contributed by atoms with Gasteiger partial charge in [0, 0.05) is 19.5 Å². The zero-order valence-corrected chi connectivity index (χ0v) is 7.78. The quantitative estimate of drug-likeness (QED) is 0.739. The average molecular weight is 216 g/mol. The van der Waals surface area contributed by atoms with Gasteiger partial charge in [0.15, 0.2) is 0 Å². The number of hydrogen-bond acceptors (Lipinski definition) is 3. The van der Waals surface area contributed by atoms with Gasteiger partial charge in [-0.05, 0) is 0 Å². The Morgan fingerprint density at radius 3 is 2.54 bits per heavy atom. The van der Waals surface area contributed by atoms with E-state index in [-0.39, 0.29) is 18.0 Å². The third-order valence-electron chi connectivity index (χ3n) is 2.36. The fourth-order valence-electron chi connectivity index (χ4n) is 1.69. The van der Waals surface area contributed by atoms with Gasteiger partial charge in [-0.25, -0.2) is 0 Å². The minimum Gasteiger partial charge on any atom is -0.370 e. The maximum absolute atomic E-state index is 11.8. The first kappa shape index (κ1) is 11.1. The molecule has 2 aliphatic rings. The van der Waals surface area contributed by atoms with E-state index in [9.17, 15) is 8.78 Å². The van der Waals surface area contributed by atoms with Crippen molar-refractivity contribution in [2.24, 2.45) is 0 Å². The molecule has 0 aromatic carbocycles. The summed E-state index contributed by atoms with van der Waals surface area (Å²) in [7, 11) is 0. The first-order valence-corrected chi connectivity index (χ1v) is 3.98. The Hall–Kier alpha value is 0.0300. The van der Waals surface area contributed by atoms with E-state index in [1.54, 1.807) is 0 Å². The highest BCUT2D eigenvalue weighted by atomic mass is 35.5. The van der Waals surface area contributed by atoms with Crippen LogP contribution in [0.3, 0.4) is 0 Å². The zero-order valence-electron chi connectivity index (χ0n) is 6.96. The smallest absolute Gasteiger partial charge is 0.345 e. The third-order valence-corrected chi connectivity index (χ3v) is 2.36. The van der Waals surface area contributed by atoms with Crippen molar-refractivity contribution in [2.45, 2.75) is 24.7 Å². The molecule has 1 atom stereocenters. The van der Waals surface area contributed by atoms with Gasteiger partial charge in [0.1, 0.15) is 0 Å². The topological polar surface area (TPSA) is 30.5 Å². The Bertz CT molecular complexity index is 178. The molecule has 2 fully saturated rings. The predicted octanol–water partition coefficient (Wildman–Crippen LogP) is 0.778. The number of rotatable bonds is 2. The largest absolute Gasteiger partial charge is 0.370 e. The summed E-state index contributed by atoms with van der Waals surface area (Å²) in [5.74, 6) is 0. The van der Waals surface area contributed by atoms with Crippen LogP contribution in [0.25, 0.3) is 0 Å². The van der Waals surface area contributed by atoms with Crippen molar-refractivity contribution in [1.29, 1.82) is 0 Å². The van der Waals surface area contributed by atoms with E-state index in [0.29, 0.717) is 13.0 Å². The Morgan fingerprint density at radius 1 is 1.46 bits per heavy atom. The molecule has 2 heterocycles. The summed E-state index contributed by atoms with van der Waals surface area (Å²) < 4.78 is 33.3. The van der Waals surface area contributed by atoms with E-state index < -0.39 is 12.7 Å². The van der Waals surface area contributed by atoms with E-state index in [1.165, 1.54) is 0 Å². The maximum atomic E-state index is 11.8. The van der Waals surface area contributed by atoms with Gasteiger partial charge in [-0.2, -0.15) is 8.78 Å². The molecular weight excluding hydrogens is 204 g/mol. The van der Waals surface area contributed by atoms with Gasteiger partial charge in [0.05, 0.1) is 18.3 Å². The second-order valence-electron chi connectivity index (χ2n) is 3.32. The second kappa shape index (κ2) is 4.04. The summed E-state index contributed by atoms with van der Waals surface area (Å²) in [6, 6.07) is 0. The Kier molecular flexibility index (Phi) is 3.45. The summed E-state index contributed by atoms with van der Waals surface area (Å²) in [6.45, 7) is -0.861. The maximum Gasteiger partial charge on any atom is 0.345 e. The van der Waals surface area contributed by atoms with Gasteiger partial charge in [-0.15, -0.1) is 12.4 Å².